The monoisotopic (exact) mass is 304 g/mol. The summed E-state index contributed by atoms with van der Waals surface area (Å²) in [6, 6.07) is 2.71. The van der Waals surface area contributed by atoms with Gasteiger partial charge in [-0.2, -0.15) is 21.6 Å². The van der Waals surface area contributed by atoms with Gasteiger partial charge in [0.2, 0.25) is 5.75 Å². The molecule has 4 nitrogen and oxygen atoms in total. The van der Waals surface area contributed by atoms with Crippen LogP contribution in [0.25, 0.3) is 0 Å². The van der Waals surface area contributed by atoms with Crippen LogP contribution < -0.4 is 8.92 Å². The van der Waals surface area contributed by atoms with Crippen molar-refractivity contribution in [3.63, 3.8) is 0 Å². The van der Waals surface area contributed by atoms with E-state index in [0.29, 0.717) is 5.56 Å². The van der Waals surface area contributed by atoms with Crippen molar-refractivity contribution in [3.8, 4) is 11.5 Å². The molecule has 102 valence electrons. The van der Waals surface area contributed by atoms with Crippen LogP contribution in [0.15, 0.2) is 12.1 Å². The maximum absolute atomic E-state index is 12.2. The minimum absolute atomic E-state index is 0.210. The molecule has 0 unspecified atom stereocenters. The quantitative estimate of drug-likeness (QED) is 0.636. The van der Waals surface area contributed by atoms with E-state index in [0.717, 1.165) is 7.11 Å². The van der Waals surface area contributed by atoms with Crippen LogP contribution in [0.4, 0.5) is 13.2 Å². The summed E-state index contributed by atoms with van der Waals surface area (Å²) in [6.45, 7) is 1.48. The molecule has 0 aliphatic carbocycles. The SMILES string of the molecule is COc1ccc(C)c(Cl)c1OS(=O)(=O)C(F)(F)F. The van der Waals surface area contributed by atoms with E-state index < -0.39 is 21.4 Å². The zero-order valence-electron chi connectivity index (χ0n) is 9.21. The summed E-state index contributed by atoms with van der Waals surface area (Å²) in [5.41, 5.74) is -5.18. The van der Waals surface area contributed by atoms with Crippen LogP contribution in [-0.2, 0) is 10.1 Å². The van der Waals surface area contributed by atoms with Gasteiger partial charge < -0.3 is 8.92 Å². The molecule has 0 saturated heterocycles. The summed E-state index contributed by atoms with van der Waals surface area (Å²) in [7, 11) is -4.64. The van der Waals surface area contributed by atoms with Gasteiger partial charge in [0.15, 0.2) is 5.75 Å². The molecule has 0 fully saturated rings. The van der Waals surface area contributed by atoms with Gasteiger partial charge in [-0.25, -0.2) is 0 Å². The standard InChI is InChI=1S/C9H8ClF3O4S/c1-5-3-4-6(16-2)8(7(5)10)17-18(14,15)9(11,12)13/h3-4H,1-2H3. The van der Waals surface area contributed by atoms with Gasteiger partial charge in [-0.3, -0.25) is 0 Å². The third-order valence-corrected chi connectivity index (χ3v) is 3.37. The van der Waals surface area contributed by atoms with Crippen molar-refractivity contribution < 1.29 is 30.5 Å². The highest BCUT2D eigenvalue weighted by atomic mass is 35.5. The first-order valence-corrected chi connectivity index (χ1v) is 6.22. The normalized spacial score (nSPS) is 12.3. The van der Waals surface area contributed by atoms with E-state index in [2.05, 4.69) is 4.18 Å². The average molecular weight is 305 g/mol. The van der Waals surface area contributed by atoms with Crippen LogP contribution in [0.1, 0.15) is 5.56 Å². The second-order valence-corrected chi connectivity index (χ2v) is 5.13. The van der Waals surface area contributed by atoms with Gasteiger partial charge in [0.05, 0.1) is 12.1 Å². The molecule has 18 heavy (non-hydrogen) atoms. The molecule has 1 aromatic carbocycles. The first-order chi connectivity index (χ1) is 8.10. The van der Waals surface area contributed by atoms with E-state index in [1.807, 2.05) is 0 Å². The van der Waals surface area contributed by atoms with E-state index in [9.17, 15) is 21.6 Å². The minimum Gasteiger partial charge on any atom is -0.493 e. The van der Waals surface area contributed by atoms with Gasteiger partial charge in [0.1, 0.15) is 0 Å². The van der Waals surface area contributed by atoms with E-state index in [1.54, 1.807) is 0 Å². The molecule has 0 atom stereocenters. The van der Waals surface area contributed by atoms with Gasteiger partial charge in [0, 0.05) is 0 Å². The van der Waals surface area contributed by atoms with Crippen molar-refractivity contribution in [1.29, 1.82) is 0 Å². The fourth-order valence-corrected chi connectivity index (χ4v) is 1.75. The van der Waals surface area contributed by atoms with Crippen LogP contribution in [0.3, 0.4) is 0 Å². The molecule has 0 radical (unpaired) electrons. The number of aryl methyl sites for hydroxylation is 1. The van der Waals surface area contributed by atoms with Crippen molar-refractivity contribution in [2.75, 3.05) is 7.11 Å². The topological polar surface area (TPSA) is 52.6 Å². The predicted molar refractivity (Wildman–Crippen MR) is 58.3 cm³/mol. The van der Waals surface area contributed by atoms with E-state index in [1.165, 1.54) is 19.1 Å². The molecule has 9 heteroatoms. The third-order valence-electron chi connectivity index (χ3n) is 1.95. The Labute approximate surface area is 106 Å². The Morgan fingerprint density at radius 2 is 1.83 bits per heavy atom. The van der Waals surface area contributed by atoms with Gasteiger partial charge >= 0.3 is 15.6 Å². The van der Waals surface area contributed by atoms with Crippen molar-refractivity contribution in [2.45, 2.75) is 12.4 Å². The number of ether oxygens (including phenoxy) is 1. The number of halogens is 4. The lowest BCUT2D eigenvalue weighted by Gasteiger charge is -2.14. The maximum atomic E-state index is 12.2. The second kappa shape index (κ2) is 4.85. The summed E-state index contributed by atoms with van der Waals surface area (Å²) < 4.78 is 67.0. The number of benzene rings is 1. The molecule has 0 aliphatic heterocycles. The Morgan fingerprint density at radius 1 is 1.28 bits per heavy atom. The highest BCUT2D eigenvalue weighted by Crippen LogP contribution is 2.40. The van der Waals surface area contributed by atoms with Gasteiger partial charge in [-0.1, -0.05) is 17.7 Å². The molecule has 0 bridgehead atoms. The number of rotatable bonds is 3. The lowest BCUT2D eigenvalue weighted by Crippen LogP contribution is -2.28. The van der Waals surface area contributed by atoms with Crippen LogP contribution in [0, 0.1) is 6.92 Å². The Hall–Kier alpha value is -1.15. The Bertz CT molecular complexity index is 554. The Balaban J connectivity index is 3.32. The maximum Gasteiger partial charge on any atom is 0.534 e. The highest BCUT2D eigenvalue weighted by Gasteiger charge is 2.49. The zero-order valence-corrected chi connectivity index (χ0v) is 10.8. The second-order valence-electron chi connectivity index (χ2n) is 3.21. The van der Waals surface area contributed by atoms with Gasteiger partial charge in [-0.05, 0) is 18.6 Å². The third kappa shape index (κ3) is 2.81. The van der Waals surface area contributed by atoms with Crippen molar-refractivity contribution in [2.24, 2.45) is 0 Å². The summed E-state index contributed by atoms with van der Waals surface area (Å²) in [4.78, 5) is 0. The van der Waals surface area contributed by atoms with Crippen molar-refractivity contribution in [1.82, 2.24) is 0 Å². The minimum atomic E-state index is -5.79. The number of hydrogen-bond acceptors (Lipinski definition) is 4. The van der Waals surface area contributed by atoms with Gasteiger partial charge in [0.25, 0.3) is 0 Å². The molecule has 0 aromatic heterocycles. The molecule has 0 N–H and O–H groups in total. The van der Waals surface area contributed by atoms with Crippen molar-refractivity contribution in [3.05, 3.63) is 22.7 Å². The van der Waals surface area contributed by atoms with E-state index in [-0.39, 0.29) is 10.8 Å². The molecule has 0 aliphatic rings. The summed E-state index contributed by atoms with van der Waals surface area (Å²) in [5, 5.41) is -0.262. The molecule has 0 amide bonds. The molecule has 1 aromatic rings. The van der Waals surface area contributed by atoms with E-state index in [4.69, 9.17) is 16.3 Å². The molecular formula is C9H8ClF3O4S. The first-order valence-electron chi connectivity index (χ1n) is 4.44. The highest BCUT2D eigenvalue weighted by molar-refractivity contribution is 7.88. The smallest absolute Gasteiger partial charge is 0.493 e. The predicted octanol–water partition coefficient (Wildman–Crippen LogP) is 2.89. The number of hydrogen-bond donors (Lipinski definition) is 0. The lowest BCUT2D eigenvalue weighted by atomic mass is 10.2. The fourth-order valence-electron chi connectivity index (χ4n) is 1.03. The molecule has 0 heterocycles. The summed E-state index contributed by atoms with van der Waals surface area (Å²) >= 11 is 5.70. The van der Waals surface area contributed by atoms with Crippen LogP contribution in [0.2, 0.25) is 5.02 Å². The fraction of sp³-hybridized carbons (Fsp3) is 0.333. The van der Waals surface area contributed by atoms with Crippen LogP contribution >= 0.6 is 11.6 Å². The zero-order chi connectivity index (χ0) is 14.1. The number of methoxy groups -OCH3 is 1. The average Bonchev–Trinajstić information content (AvgIpc) is 2.23. The molecule has 0 saturated carbocycles. The van der Waals surface area contributed by atoms with E-state index >= 15 is 0 Å². The lowest BCUT2D eigenvalue weighted by molar-refractivity contribution is -0.0500. The van der Waals surface area contributed by atoms with Crippen LogP contribution in [-0.4, -0.2) is 21.0 Å². The summed E-state index contributed by atoms with van der Waals surface area (Å²) in [5.74, 6) is -0.894. The van der Waals surface area contributed by atoms with Gasteiger partial charge in [-0.15, -0.1) is 0 Å². The largest absolute Gasteiger partial charge is 0.534 e. The van der Waals surface area contributed by atoms with Crippen LogP contribution in [0.5, 0.6) is 11.5 Å². The number of alkyl halides is 3. The molecular weight excluding hydrogens is 297 g/mol. The van der Waals surface area contributed by atoms with Crippen molar-refractivity contribution >= 4 is 21.7 Å². The molecule has 1 rings (SSSR count). The summed E-state index contributed by atoms with van der Waals surface area (Å²) in [6.07, 6.45) is 0. The molecule has 0 spiro atoms. The Kier molecular flexibility index (Phi) is 4.02. The Morgan fingerprint density at radius 3 is 2.28 bits per heavy atom. The first kappa shape index (κ1) is 14.9.